The molecule has 0 saturated heterocycles. The first-order valence-corrected chi connectivity index (χ1v) is 7.67. The van der Waals surface area contributed by atoms with Crippen LogP contribution in [0.3, 0.4) is 0 Å². The smallest absolute Gasteiger partial charge is 0.255 e. The minimum Gasteiger partial charge on any atom is -0.507 e. The number of aromatic hydroxyl groups is 1. The number of benzene rings is 1. The molecular formula is C15H20BrNO3. The molecule has 0 unspecified atom stereocenters. The Labute approximate surface area is 127 Å². The van der Waals surface area contributed by atoms with Crippen LogP contribution in [0.1, 0.15) is 43.0 Å². The van der Waals surface area contributed by atoms with Crippen LogP contribution in [0, 0.1) is 5.92 Å². The summed E-state index contributed by atoms with van der Waals surface area (Å²) in [5.74, 6) is 0.237. The number of phenols is 1. The number of amides is 1. The Kier molecular flexibility index (Phi) is 4.70. The standard InChI is InChI=1S/C15H20BrNO3/c1-10-4-6-15(9-18,7-5-10)17-14(20)12-8-11(16)2-3-13(12)19/h2-3,8,10,18-19H,4-7,9H2,1H3,(H,17,20). The van der Waals surface area contributed by atoms with Crippen molar-refractivity contribution < 1.29 is 15.0 Å². The van der Waals surface area contributed by atoms with E-state index in [1.165, 1.54) is 6.07 Å². The zero-order valence-electron chi connectivity index (χ0n) is 11.5. The molecule has 3 N–H and O–H groups in total. The second-order valence-corrected chi connectivity index (χ2v) is 6.65. The van der Waals surface area contributed by atoms with Crippen LogP contribution in [-0.4, -0.2) is 28.3 Å². The second-order valence-electron chi connectivity index (χ2n) is 5.74. The first kappa shape index (κ1) is 15.3. The molecule has 20 heavy (non-hydrogen) atoms. The van der Waals surface area contributed by atoms with Crippen LogP contribution in [0.15, 0.2) is 22.7 Å². The molecule has 0 aliphatic heterocycles. The van der Waals surface area contributed by atoms with Gasteiger partial charge >= 0.3 is 0 Å². The predicted molar refractivity (Wildman–Crippen MR) is 80.7 cm³/mol. The van der Waals surface area contributed by atoms with E-state index in [-0.39, 0.29) is 23.8 Å². The number of carbonyl (C=O) groups is 1. The van der Waals surface area contributed by atoms with Gasteiger partial charge in [0.05, 0.1) is 17.7 Å². The van der Waals surface area contributed by atoms with Crippen molar-refractivity contribution in [2.24, 2.45) is 5.92 Å². The summed E-state index contributed by atoms with van der Waals surface area (Å²) in [5.41, 5.74) is -0.330. The van der Waals surface area contributed by atoms with Gasteiger partial charge in [-0.3, -0.25) is 4.79 Å². The van der Waals surface area contributed by atoms with Crippen LogP contribution in [0.25, 0.3) is 0 Å². The molecule has 110 valence electrons. The quantitative estimate of drug-likeness (QED) is 0.791. The van der Waals surface area contributed by atoms with Gasteiger partial charge in [0.25, 0.3) is 5.91 Å². The van der Waals surface area contributed by atoms with Gasteiger partial charge in [-0.2, -0.15) is 0 Å². The Morgan fingerprint density at radius 3 is 2.70 bits per heavy atom. The minimum atomic E-state index is -0.557. The second kappa shape index (κ2) is 6.14. The van der Waals surface area contributed by atoms with Crippen LogP contribution in [-0.2, 0) is 0 Å². The molecule has 1 aromatic rings. The van der Waals surface area contributed by atoms with Crippen LogP contribution < -0.4 is 5.32 Å². The molecule has 5 heteroatoms. The summed E-state index contributed by atoms with van der Waals surface area (Å²) >= 11 is 3.29. The zero-order chi connectivity index (χ0) is 14.8. The summed E-state index contributed by atoms with van der Waals surface area (Å²) < 4.78 is 0.732. The number of nitrogens with one attached hydrogen (secondary N) is 1. The van der Waals surface area contributed by atoms with Gasteiger partial charge in [-0.05, 0) is 49.8 Å². The molecule has 1 aliphatic rings. The molecule has 0 spiro atoms. The third-order valence-corrected chi connectivity index (χ3v) is 4.61. The van der Waals surface area contributed by atoms with Crippen LogP contribution in [0.4, 0.5) is 0 Å². The van der Waals surface area contributed by atoms with Crippen LogP contribution in [0.5, 0.6) is 5.75 Å². The van der Waals surface area contributed by atoms with Crippen molar-refractivity contribution in [2.45, 2.75) is 38.1 Å². The van der Waals surface area contributed by atoms with Gasteiger partial charge in [0.1, 0.15) is 5.75 Å². The fourth-order valence-electron chi connectivity index (χ4n) is 2.64. The van der Waals surface area contributed by atoms with E-state index < -0.39 is 5.54 Å². The van der Waals surface area contributed by atoms with Gasteiger partial charge in [-0.25, -0.2) is 0 Å². The Hall–Kier alpha value is -1.07. The molecule has 0 heterocycles. The highest BCUT2D eigenvalue weighted by molar-refractivity contribution is 9.10. The maximum absolute atomic E-state index is 12.3. The molecule has 0 bridgehead atoms. The summed E-state index contributed by atoms with van der Waals surface area (Å²) in [5, 5.41) is 22.4. The lowest BCUT2D eigenvalue weighted by atomic mass is 9.77. The van der Waals surface area contributed by atoms with Gasteiger partial charge in [0.15, 0.2) is 0 Å². The number of phenolic OH excluding ortho intramolecular Hbond substituents is 1. The first-order chi connectivity index (χ1) is 9.46. The van der Waals surface area contributed by atoms with E-state index in [9.17, 15) is 15.0 Å². The lowest BCUT2D eigenvalue weighted by Gasteiger charge is -2.38. The molecule has 1 aromatic carbocycles. The van der Waals surface area contributed by atoms with E-state index in [0.717, 1.165) is 30.2 Å². The summed E-state index contributed by atoms with van der Waals surface area (Å²) in [6.45, 7) is 2.11. The van der Waals surface area contributed by atoms with Gasteiger partial charge in [-0.1, -0.05) is 22.9 Å². The number of aliphatic hydroxyl groups excluding tert-OH is 1. The van der Waals surface area contributed by atoms with Gasteiger partial charge < -0.3 is 15.5 Å². The normalized spacial score (nSPS) is 26.2. The maximum Gasteiger partial charge on any atom is 0.255 e. The Balaban J connectivity index is 2.15. The van der Waals surface area contributed by atoms with E-state index >= 15 is 0 Å². The topological polar surface area (TPSA) is 69.6 Å². The van der Waals surface area contributed by atoms with Gasteiger partial charge in [0.2, 0.25) is 0 Å². The van der Waals surface area contributed by atoms with Crippen molar-refractivity contribution >= 4 is 21.8 Å². The van der Waals surface area contributed by atoms with Crippen LogP contribution in [0.2, 0.25) is 0 Å². The largest absolute Gasteiger partial charge is 0.507 e. The zero-order valence-corrected chi connectivity index (χ0v) is 13.1. The summed E-state index contributed by atoms with van der Waals surface area (Å²) in [4.78, 5) is 12.3. The summed E-state index contributed by atoms with van der Waals surface area (Å²) in [6, 6.07) is 4.74. The molecule has 1 aliphatic carbocycles. The van der Waals surface area contributed by atoms with Crippen molar-refractivity contribution in [1.82, 2.24) is 5.32 Å². The molecule has 0 atom stereocenters. The summed E-state index contributed by atoms with van der Waals surface area (Å²) in [6.07, 6.45) is 3.52. The number of carbonyl (C=O) groups excluding carboxylic acids is 1. The third-order valence-electron chi connectivity index (χ3n) is 4.12. The van der Waals surface area contributed by atoms with E-state index in [0.29, 0.717) is 5.92 Å². The van der Waals surface area contributed by atoms with Gasteiger partial charge in [-0.15, -0.1) is 0 Å². The molecule has 1 fully saturated rings. The molecule has 0 aromatic heterocycles. The van der Waals surface area contributed by atoms with Crippen molar-refractivity contribution in [3.8, 4) is 5.75 Å². The number of hydrogen-bond acceptors (Lipinski definition) is 3. The molecule has 0 radical (unpaired) electrons. The minimum absolute atomic E-state index is 0.0528. The Morgan fingerprint density at radius 1 is 1.45 bits per heavy atom. The Bertz CT molecular complexity index is 496. The first-order valence-electron chi connectivity index (χ1n) is 6.88. The van der Waals surface area contributed by atoms with Crippen molar-refractivity contribution in [2.75, 3.05) is 6.61 Å². The lowest BCUT2D eigenvalue weighted by Crippen LogP contribution is -2.53. The fraction of sp³-hybridized carbons (Fsp3) is 0.533. The van der Waals surface area contributed by atoms with Gasteiger partial charge in [0, 0.05) is 4.47 Å². The highest BCUT2D eigenvalue weighted by Crippen LogP contribution is 2.32. The molecule has 4 nitrogen and oxygen atoms in total. The molecule has 1 saturated carbocycles. The highest BCUT2D eigenvalue weighted by atomic mass is 79.9. The Morgan fingerprint density at radius 2 is 2.10 bits per heavy atom. The van der Waals surface area contributed by atoms with E-state index in [1.807, 2.05) is 0 Å². The SMILES string of the molecule is CC1CCC(CO)(NC(=O)c2cc(Br)ccc2O)CC1. The van der Waals surface area contributed by atoms with Crippen molar-refractivity contribution in [3.63, 3.8) is 0 Å². The maximum atomic E-state index is 12.3. The predicted octanol–water partition coefficient (Wildman–Crippen LogP) is 2.83. The highest BCUT2D eigenvalue weighted by Gasteiger charge is 2.35. The average molecular weight is 342 g/mol. The van der Waals surface area contributed by atoms with E-state index in [2.05, 4.69) is 28.2 Å². The molecule has 1 amide bonds. The molecule has 2 rings (SSSR count). The van der Waals surface area contributed by atoms with Crippen LogP contribution >= 0.6 is 15.9 Å². The number of aliphatic hydroxyl groups is 1. The molecular weight excluding hydrogens is 322 g/mol. The number of rotatable bonds is 3. The average Bonchev–Trinajstić information content (AvgIpc) is 2.44. The number of halogens is 1. The number of hydrogen-bond donors (Lipinski definition) is 3. The third kappa shape index (κ3) is 3.33. The van der Waals surface area contributed by atoms with E-state index in [1.54, 1.807) is 12.1 Å². The monoisotopic (exact) mass is 341 g/mol. The fourth-order valence-corrected chi connectivity index (χ4v) is 3.00. The lowest BCUT2D eigenvalue weighted by molar-refractivity contribution is 0.0715. The van der Waals surface area contributed by atoms with Crippen molar-refractivity contribution in [1.29, 1.82) is 0 Å². The van der Waals surface area contributed by atoms with E-state index in [4.69, 9.17) is 0 Å². The van der Waals surface area contributed by atoms with Crippen molar-refractivity contribution in [3.05, 3.63) is 28.2 Å². The summed E-state index contributed by atoms with van der Waals surface area (Å²) in [7, 11) is 0.